The van der Waals surface area contributed by atoms with E-state index in [0.29, 0.717) is 19.6 Å². The molecule has 0 aliphatic carbocycles. The van der Waals surface area contributed by atoms with Gasteiger partial charge in [0.25, 0.3) is 0 Å². The molecule has 3 aliphatic rings. The van der Waals surface area contributed by atoms with Gasteiger partial charge in [-0.05, 0) is 6.42 Å². The van der Waals surface area contributed by atoms with Gasteiger partial charge in [0.15, 0.2) is 12.6 Å². The SMILES string of the molecule is CCCCCCCC(=O)N[C@H]1[C@H](OC[C@H]2CO2)O[C@@H]2CO[C@@H](c3ccccc3)O[C@H]2[C@@H]1O. The summed E-state index contributed by atoms with van der Waals surface area (Å²) < 4.78 is 29.1. The number of epoxide rings is 1. The van der Waals surface area contributed by atoms with E-state index in [-0.39, 0.29) is 18.6 Å². The number of carbonyl (C=O) groups excluding carboxylic acids is 1. The summed E-state index contributed by atoms with van der Waals surface area (Å²) >= 11 is 0. The van der Waals surface area contributed by atoms with Crippen molar-refractivity contribution in [2.24, 2.45) is 0 Å². The summed E-state index contributed by atoms with van der Waals surface area (Å²) in [6, 6.07) is 8.85. The van der Waals surface area contributed by atoms with Gasteiger partial charge in [0.2, 0.25) is 5.91 Å². The molecule has 3 fully saturated rings. The smallest absolute Gasteiger partial charge is 0.220 e. The van der Waals surface area contributed by atoms with E-state index >= 15 is 0 Å². The van der Waals surface area contributed by atoms with Crippen LogP contribution in [0.15, 0.2) is 30.3 Å². The Hall–Kier alpha value is -1.55. The van der Waals surface area contributed by atoms with Gasteiger partial charge in [0, 0.05) is 12.0 Å². The molecule has 4 rings (SSSR count). The molecule has 178 valence electrons. The van der Waals surface area contributed by atoms with Crippen LogP contribution < -0.4 is 5.32 Å². The Morgan fingerprint density at radius 1 is 1.09 bits per heavy atom. The van der Waals surface area contributed by atoms with Crippen molar-refractivity contribution in [3.05, 3.63) is 35.9 Å². The van der Waals surface area contributed by atoms with Crippen molar-refractivity contribution in [2.75, 3.05) is 19.8 Å². The van der Waals surface area contributed by atoms with Gasteiger partial charge in [-0.3, -0.25) is 4.79 Å². The molecule has 0 bridgehead atoms. The molecule has 0 aromatic heterocycles. The van der Waals surface area contributed by atoms with Crippen LogP contribution in [0.1, 0.15) is 57.3 Å². The van der Waals surface area contributed by atoms with Gasteiger partial charge in [-0.2, -0.15) is 0 Å². The molecule has 0 spiro atoms. The lowest BCUT2D eigenvalue weighted by Gasteiger charge is -2.47. The minimum Gasteiger partial charge on any atom is -0.388 e. The number of unbranched alkanes of at least 4 members (excludes halogenated alkanes) is 4. The third-order valence-electron chi connectivity index (χ3n) is 6.12. The van der Waals surface area contributed by atoms with Crippen LogP contribution in [0.5, 0.6) is 0 Å². The van der Waals surface area contributed by atoms with Crippen molar-refractivity contribution >= 4 is 5.91 Å². The van der Waals surface area contributed by atoms with Gasteiger partial charge in [-0.15, -0.1) is 0 Å². The number of aliphatic hydroxyl groups excluding tert-OH is 1. The van der Waals surface area contributed by atoms with E-state index in [1.807, 2.05) is 30.3 Å². The zero-order valence-corrected chi connectivity index (χ0v) is 18.7. The summed E-state index contributed by atoms with van der Waals surface area (Å²) in [5, 5.41) is 14.1. The monoisotopic (exact) mass is 449 g/mol. The first-order valence-electron chi connectivity index (χ1n) is 11.8. The Morgan fingerprint density at radius 3 is 2.62 bits per heavy atom. The quantitative estimate of drug-likeness (QED) is 0.395. The molecule has 0 saturated carbocycles. The van der Waals surface area contributed by atoms with E-state index in [4.69, 9.17) is 23.7 Å². The van der Waals surface area contributed by atoms with Crippen molar-refractivity contribution in [1.29, 1.82) is 0 Å². The lowest BCUT2D eigenvalue weighted by Crippen LogP contribution is -2.66. The number of ether oxygens (including phenoxy) is 5. The van der Waals surface area contributed by atoms with Crippen LogP contribution in [0.3, 0.4) is 0 Å². The number of hydrogen-bond acceptors (Lipinski definition) is 7. The Bertz CT molecular complexity index is 714. The highest BCUT2D eigenvalue weighted by molar-refractivity contribution is 5.76. The molecule has 32 heavy (non-hydrogen) atoms. The van der Waals surface area contributed by atoms with Gasteiger partial charge in [-0.1, -0.05) is 62.9 Å². The summed E-state index contributed by atoms with van der Waals surface area (Å²) in [5.41, 5.74) is 0.870. The molecule has 8 nitrogen and oxygen atoms in total. The third-order valence-corrected chi connectivity index (χ3v) is 6.12. The number of carbonyl (C=O) groups is 1. The van der Waals surface area contributed by atoms with Gasteiger partial charge in [-0.25, -0.2) is 0 Å². The summed E-state index contributed by atoms with van der Waals surface area (Å²) in [6.45, 7) is 3.44. The first-order valence-corrected chi connectivity index (χ1v) is 11.8. The highest BCUT2D eigenvalue weighted by atomic mass is 16.7. The lowest BCUT2D eigenvalue weighted by molar-refractivity contribution is -0.344. The maximum Gasteiger partial charge on any atom is 0.220 e. The molecule has 1 amide bonds. The summed E-state index contributed by atoms with van der Waals surface area (Å²) in [7, 11) is 0. The van der Waals surface area contributed by atoms with Gasteiger partial charge in [0.1, 0.15) is 30.5 Å². The first-order chi connectivity index (χ1) is 15.7. The highest BCUT2D eigenvalue weighted by Gasteiger charge is 2.50. The van der Waals surface area contributed by atoms with Gasteiger partial charge < -0.3 is 34.1 Å². The number of nitrogens with one attached hydrogen (secondary N) is 1. The van der Waals surface area contributed by atoms with Crippen LogP contribution >= 0.6 is 0 Å². The molecule has 3 aliphatic heterocycles. The maximum absolute atomic E-state index is 12.6. The minimum atomic E-state index is -0.988. The van der Waals surface area contributed by atoms with Crippen LogP contribution in [0, 0.1) is 0 Å². The summed E-state index contributed by atoms with van der Waals surface area (Å²) in [5.74, 6) is -0.115. The van der Waals surface area contributed by atoms with Crippen LogP contribution in [0.25, 0.3) is 0 Å². The fourth-order valence-electron chi connectivity index (χ4n) is 4.18. The van der Waals surface area contributed by atoms with E-state index in [1.54, 1.807) is 0 Å². The largest absolute Gasteiger partial charge is 0.388 e. The molecule has 1 aromatic rings. The Kier molecular flexibility index (Phi) is 8.51. The molecular formula is C24H35NO7. The van der Waals surface area contributed by atoms with Crippen LogP contribution in [-0.2, 0) is 28.5 Å². The number of rotatable bonds is 11. The average Bonchev–Trinajstić information content (AvgIpc) is 3.65. The summed E-state index contributed by atoms with van der Waals surface area (Å²) in [4.78, 5) is 12.6. The molecule has 1 aromatic carbocycles. The number of aliphatic hydroxyl groups is 1. The second kappa shape index (κ2) is 11.5. The Morgan fingerprint density at radius 2 is 1.88 bits per heavy atom. The predicted octanol–water partition coefficient (Wildman–Crippen LogP) is 2.45. The standard InChI is InChI=1S/C24H35NO7/c1-2-3-4-5-9-12-19(26)25-20-21(27)22-18(31-24(20)29-14-17-13-28-17)15-30-23(32-22)16-10-7-6-8-11-16/h6-8,10-11,17-18,20-24,27H,2-5,9,12-15H2,1H3,(H,25,26)/t17-,18-,20-,21-,22-,23-,24-/m1/s1. The number of benzene rings is 1. The number of hydrogen-bond donors (Lipinski definition) is 2. The second-order valence-electron chi connectivity index (χ2n) is 8.76. The highest BCUT2D eigenvalue weighted by Crippen LogP contribution is 2.34. The molecule has 3 saturated heterocycles. The van der Waals surface area contributed by atoms with E-state index in [0.717, 1.165) is 31.2 Å². The topological polar surface area (TPSA) is 98.8 Å². The molecule has 8 heteroatoms. The third kappa shape index (κ3) is 6.27. The zero-order valence-electron chi connectivity index (χ0n) is 18.7. The molecular weight excluding hydrogens is 414 g/mol. The maximum atomic E-state index is 12.6. The molecule has 0 radical (unpaired) electrons. The van der Waals surface area contributed by atoms with Crippen LogP contribution in [-0.4, -0.2) is 67.6 Å². The lowest BCUT2D eigenvalue weighted by atomic mass is 9.95. The van der Waals surface area contributed by atoms with Gasteiger partial charge in [0.05, 0.1) is 19.8 Å². The fourth-order valence-corrected chi connectivity index (χ4v) is 4.18. The van der Waals surface area contributed by atoms with E-state index in [2.05, 4.69) is 12.2 Å². The van der Waals surface area contributed by atoms with Crippen molar-refractivity contribution in [2.45, 2.75) is 88.5 Å². The molecule has 0 unspecified atom stereocenters. The summed E-state index contributed by atoms with van der Waals surface area (Å²) in [6.07, 6.45) is 2.28. The normalized spacial score (nSPS) is 34.0. The molecule has 7 atom stereocenters. The molecule has 2 N–H and O–H groups in total. The molecule has 3 heterocycles. The number of fused-ring (bicyclic) bond motifs is 1. The van der Waals surface area contributed by atoms with E-state index < -0.39 is 36.9 Å². The zero-order chi connectivity index (χ0) is 22.3. The van der Waals surface area contributed by atoms with Crippen molar-refractivity contribution in [3.63, 3.8) is 0 Å². The van der Waals surface area contributed by atoms with Crippen molar-refractivity contribution < 1.29 is 33.6 Å². The predicted molar refractivity (Wildman–Crippen MR) is 116 cm³/mol. The second-order valence-corrected chi connectivity index (χ2v) is 8.76. The minimum absolute atomic E-state index is 0.0460. The van der Waals surface area contributed by atoms with Crippen molar-refractivity contribution in [3.8, 4) is 0 Å². The number of amides is 1. The van der Waals surface area contributed by atoms with Gasteiger partial charge >= 0.3 is 0 Å². The van der Waals surface area contributed by atoms with E-state index in [9.17, 15) is 9.90 Å². The Labute approximate surface area is 189 Å². The van der Waals surface area contributed by atoms with Crippen molar-refractivity contribution in [1.82, 2.24) is 5.32 Å². The van der Waals surface area contributed by atoms with Crippen LogP contribution in [0.2, 0.25) is 0 Å². The van der Waals surface area contributed by atoms with Crippen LogP contribution in [0.4, 0.5) is 0 Å². The van der Waals surface area contributed by atoms with E-state index in [1.165, 1.54) is 6.42 Å². The Balaban J connectivity index is 1.38. The average molecular weight is 450 g/mol. The fraction of sp³-hybridized carbons (Fsp3) is 0.708. The first kappa shape index (κ1) is 23.6.